The molecular weight excluding hydrogens is 390 g/mol. The Balaban J connectivity index is 1.64. The molecular formula is C20H23N5O3S. The minimum Gasteiger partial charge on any atom is -0.449 e. The summed E-state index contributed by atoms with van der Waals surface area (Å²) in [5.74, 6) is 0. The Bertz CT molecular complexity index is 1000. The molecule has 0 bridgehead atoms. The Labute approximate surface area is 172 Å². The van der Waals surface area contributed by atoms with Crippen LogP contribution in [0, 0.1) is 0 Å². The molecule has 0 aliphatic carbocycles. The Kier molecular flexibility index (Phi) is 7.09. The fraction of sp³-hybridized carbons (Fsp3) is 0.300. The van der Waals surface area contributed by atoms with Crippen LogP contribution < -0.4 is 10.9 Å². The zero-order valence-electron chi connectivity index (χ0n) is 16.4. The van der Waals surface area contributed by atoms with Gasteiger partial charge in [0.1, 0.15) is 10.7 Å². The lowest BCUT2D eigenvalue weighted by Crippen LogP contribution is -2.23. The number of amides is 1. The van der Waals surface area contributed by atoms with Crippen molar-refractivity contribution in [3.05, 3.63) is 63.9 Å². The highest BCUT2D eigenvalue weighted by molar-refractivity contribution is 7.13. The molecule has 2 aromatic heterocycles. The van der Waals surface area contributed by atoms with Crippen LogP contribution in [0.3, 0.4) is 0 Å². The largest absolute Gasteiger partial charge is 0.449 e. The van der Waals surface area contributed by atoms with Gasteiger partial charge in [-0.25, -0.2) is 14.5 Å². The second-order valence-electron chi connectivity index (χ2n) is 6.67. The van der Waals surface area contributed by atoms with E-state index in [1.165, 1.54) is 22.1 Å². The van der Waals surface area contributed by atoms with Gasteiger partial charge in [0.2, 0.25) is 0 Å². The SMILES string of the molecule is CN(C)CCCOC(=O)Nc1cccc(Cn2nc(-c3nccs3)ccc2=O)c1. The second kappa shape index (κ2) is 9.94. The van der Waals surface area contributed by atoms with E-state index in [1.807, 2.05) is 36.5 Å². The van der Waals surface area contributed by atoms with Crippen LogP contribution in [0.5, 0.6) is 0 Å². The number of carbonyl (C=O) groups is 1. The molecule has 152 valence electrons. The Morgan fingerprint density at radius 1 is 1.28 bits per heavy atom. The normalized spacial score (nSPS) is 10.9. The summed E-state index contributed by atoms with van der Waals surface area (Å²) in [5, 5.41) is 9.73. The van der Waals surface area contributed by atoms with E-state index < -0.39 is 6.09 Å². The number of nitrogens with one attached hydrogen (secondary N) is 1. The smallest absolute Gasteiger partial charge is 0.411 e. The predicted octanol–water partition coefficient (Wildman–Crippen LogP) is 2.92. The number of anilines is 1. The van der Waals surface area contributed by atoms with Crippen LogP contribution in [0.25, 0.3) is 10.7 Å². The lowest BCUT2D eigenvalue weighted by molar-refractivity contribution is 0.156. The summed E-state index contributed by atoms with van der Waals surface area (Å²) in [6.45, 7) is 1.49. The van der Waals surface area contributed by atoms with Gasteiger partial charge in [-0.2, -0.15) is 5.10 Å². The Morgan fingerprint density at radius 2 is 2.14 bits per heavy atom. The summed E-state index contributed by atoms with van der Waals surface area (Å²) in [7, 11) is 3.94. The van der Waals surface area contributed by atoms with Crippen molar-refractivity contribution in [2.75, 3.05) is 32.6 Å². The van der Waals surface area contributed by atoms with E-state index in [0.717, 1.165) is 23.5 Å². The van der Waals surface area contributed by atoms with Gasteiger partial charge in [-0.3, -0.25) is 10.1 Å². The van der Waals surface area contributed by atoms with Crippen LogP contribution in [-0.4, -0.2) is 53.0 Å². The first-order valence-electron chi connectivity index (χ1n) is 9.17. The van der Waals surface area contributed by atoms with E-state index in [-0.39, 0.29) is 12.1 Å². The van der Waals surface area contributed by atoms with E-state index in [9.17, 15) is 9.59 Å². The molecule has 1 aromatic carbocycles. The third-order valence-corrected chi connectivity index (χ3v) is 4.80. The van der Waals surface area contributed by atoms with Crippen molar-refractivity contribution in [1.82, 2.24) is 19.7 Å². The van der Waals surface area contributed by atoms with E-state index in [4.69, 9.17) is 4.74 Å². The molecule has 0 saturated carbocycles. The molecule has 0 spiro atoms. The van der Waals surface area contributed by atoms with Gasteiger partial charge >= 0.3 is 6.09 Å². The van der Waals surface area contributed by atoms with Crippen LogP contribution in [0.4, 0.5) is 10.5 Å². The average molecular weight is 414 g/mol. The van der Waals surface area contributed by atoms with E-state index in [0.29, 0.717) is 18.0 Å². The van der Waals surface area contributed by atoms with Crippen LogP contribution >= 0.6 is 11.3 Å². The molecule has 1 amide bonds. The second-order valence-corrected chi connectivity index (χ2v) is 7.56. The number of nitrogens with zero attached hydrogens (tertiary/aromatic N) is 4. The molecule has 0 aliphatic rings. The summed E-state index contributed by atoms with van der Waals surface area (Å²) in [6.07, 6.45) is 1.97. The standard InChI is InChI=1S/C20H23N5O3S/c1-24(2)10-4-11-28-20(27)22-16-6-3-5-15(13-16)14-25-18(26)8-7-17(23-25)19-21-9-12-29-19/h3,5-9,12-13H,4,10-11,14H2,1-2H3,(H,22,27). The predicted molar refractivity (Wildman–Crippen MR) is 113 cm³/mol. The van der Waals surface area contributed by atoms with Gasteiger partial charge in [-0.05, 0) is 44.3 Å². The van der Waals surface area contributed by atoms with Gasteiger partial charge in [-0.1, -0.05) is 12.1 Å². The third kappa shape index (κ3) is 6.23. The molecule has 2 heterocycles. The first kappa shape index (κ1) is 20.7. The molecule has 1 N–H and O–H groups in total. The van der Waals surface area contributed by atoms with Gasteiger partial charge < -0.3 is 9.64 Å². The van der Waals surface area contributed by atoms with Gasteiger partial charge in [0.25, 0.3) is 5.56 Å². The summed E-state index contributed by atoms with van der Waals surface area (Å²) < 4.78 is 6.56. The molecule has 9 heteroatoms. The van der Waals surface area contributed by atoms with Crippen molar-refractivity contribution < 1.29 is 9.53 Å². The molecule has 3 rings (SSSR count). The van der Waals surface area contributed by atoms with Crippen molar-refractivity contribution >= 4 is 23.1 Å². The zero-order chi connectivity index (χ0) is 20.6. The van der Waals surface area contributed by atoms with Gasteiger partial charge in [-0.15, -0.1) is 11.3 Å². The number of ether oxygens (including phenoxy) is 1. The van der Waals surface area contributed by atoms with Gasteiger partial charge in [0, 0.05) is 29.9 Å². The minimum atomic E-state index is -0.498. The van der Waals surface area contributed by atoms with Crippen molar-refractivity contribution in [3.8, 4) is 10.7 Å². The number of carbonyl (C=O) groups excluding carboxylic acids is 1. The number of aromatic nitrogens is 3. The molecule has 29 heavy (non-hydrogen) atoms. The van der Waals surface area contributed by atoms with Gasteiger partial charge in [0.05, 0.1) is 13.2 Å². The fourth-order valence-electron chi connectivity index (χ4n) is 2.65. The van der Waals surface area contributed by atoms with Crippen molar-refractivity contribution in [1.29, 1.82) is 0 Å². The number of rotatable bonds is 8. The van der Waals surface area contributed by atoms with Crippen LogP contribution in [0.2, 0.25) is 0 Å². The monoisotopic (exact) mass is 413 g/mol. The average Bonchev–Trinajstić information content (AvgIpc) is 3.22. The maximum Gasteiger partial charge on any atom is 0.411 e. The lowest BCUT2D eigenvalue weighted by atomic mass is 10.2. The molecule has 0 atom stereocenters. The van der Waals surface area contributed by atoms with Crippen molar-refractivity contribution in [3.63, 3.8) is 0 Å². The highest BCUT2D eigenvalue weighted by Crippen LogP contribution is 2.18. The highest BCUT2D eigenvalue weighted by atomic mass is 32.1. The molecule has 0 aliphatic heterocycles. The Morgan fingerprint density at radius 3 is 2.90 bits per heavy atom. The van der Waals surface area contributed by atoms with Crippen LogP contribution in [0.1, 0.15) is 12.0 Å². The highest BCUT2D eigenvalue weighted by Gasteiger charge is 2.08. The summed E-state index contributed by atoms with van der Waals surface area (Å²) in [5.41, 5.74) is 1.88. The maximum absolute atomic E-state index is 12.2. The number of hydrogen-bond acceptors (Lipinski definition) is 7. The van der Waals surface area contributed by atoms with Gasteiger partial charge in [0.15, 0.2) is 0 Å². The molecule has 0 radical (unpaired) electrons. The summed E-state index contributed by atoms with van der Waals surface area (Å²) in [6, 6.07) is 10.4. The van der Waals surface area contributed by atoms with E-state index in [2.05, 4.69) is 15.4 Å². The topological polar surface area (TPSA) is 89.3 Å². The lowest BCUT2D eigenvalue weighted by Gasteiger charge is -2.11. The van der Waals surface area contributed by atoms with Crippen LogP contribution in [-0.2, 0) is 11.3 Å². The summed E-state index contributed by atoms with van der Waals surface area (Å²) in [4.78, 5) is 30.4. The van der Waals surface area contributed by atoms with Crippen molar-refractivity contribution in [2.45, 2.75) is 13.0 Å². The number of thiazole rings is 1. The first-order chi connectivity index (χ1) is 14.0. The Hall–Kier alpha value is -3.04. The van der Waals surface area contributed by atoms with Crippen molar-refractivity contribution in [2.24, 2.45) is 0 Å². The quantitative estimate of drug-likeness (QED) is 0.571. The molecule has 0 unspecified atom stereocenters. The van der Waals surface area contributed by atoms with E-state index in [1.54, 1.807) is 24.4 Å². The number of hydrogen-bond donors (Lipinski definition) is 1. The fourth-order valence-corrected chi connectivity index (χ4v) is 3.25. The molecule has 0 fully saturated rings. The molecule has 8 nitrogen and oxygen atoms in total. The van der Waals surface area contributed by atoms with Crippen LogP contribution in [0.15, 0.2) is 52.8 Å². The zero-order valence-corrected chi connectivity index (χ0v) is 17.2. The maximum atomic E-state index is 12.2. The molecule has 3 aromatic rings. The van der Waals surface area contributed by atoms with E-state index >= 15 is 0 Å². The summed E-state index contributed by atoms with van der Waals surface area (Å²) >= 11 is 1.46. The minimum absolute atomic E-state index is 0.205. The first-order valence-corrected chi connectivity index (χ1v) is 10.0. The number of benzene rings is 1. The third-order valence-electron chi connectivity index (χ3n) is 4.01. The molecule has 0 saturated heterocycles.